The molecule has 5 nitrogen and oxygen atoms in total. The Kier molecular flexibility index (Phi) is 4.63. The van der Waals surface area contributed by atoms with Crippen molar-refractivity contribution < 1.29 is 9.59 Å². The maximum Gasteiger partial charge on any atom is 0.253 e. The van der Waals surface area contributed by atoms with Crippen LogP contribution in [0.2, 0.25) is 0 Å². The van der Waals surface area contributed by atoms with Gasteiger partial charge >= 0.3 is 0 Å². The molecule has 21 heavy (non-hydrogen) atoms. The van der Waals surface area contributed by atoms with Crippen molar-refractivity contribution in [3.63, 3.8) is 0 Å². The molecule has 0 aliphatic heterocycles. The number of carbonyl (C=O) groups is 2. The average Bonchev–Trinajstić information content (AvgIpc) is 2.84. The van der Waals surface area contributed by atoms with E-state index in [1.165, 1.54) is 4.90 Å². The van der Waals surface area contributed by atoms with Gasteiger partial charge < -0.3 is 16.0 Å². The van der Waals surface area contributed by atoms with Crippen LogP contribution in [0.5, 0.6) is 0 Å². The summed E-state index contributed by atoms with van der Waals surface area (Å²) in [6, 6.07) is 6.91. The van der Waals surface area contributed by atoms with Crippen LogP contribution in [0, 0.1) is 0 Å². The molecule has 0 bridgehead atoms. The number of hydrogen-bond acceptors (Lipinski definition) is 3. The van der Waals surface area contributed by atoms with Gasteiger partial charge in [-0.3, -0.25) is 9.59 Å². The van der Waals surface area contributed by atoms with E-state index in [4.69, 9.17) is 5.73 Å². The standard InChI is InChI=1S/C16H23N3O2/c1-19(2)15(21)12-5-7-13(8-6-12)18-14(20)11-16(17)9-3-4-10-16/h5-8H,3-4,9-11,17H2,1-2H3,(H,18,20). The van der Waals surface area contributed by atoms with Gasteiger partial charge in [-0.1, -0.05) is 12.8 Å². The third-order valence-corrected chi connectivity index (χ3v) is 3.93. The van der Waals surface area contributed by atoms with Crippen LogP contribution in [0.15, 0.2) is 24.3 Å². The predicted octanol–water partition coefficient (Wildman–Crippen LogP) is 1.99. The van der Waals surface area contributed by atoms with Gasteiger partial charge in [0, 0.05) is 37.3 Å². The fraction of sp³-hybridized carbons (Fsp3) is 0.500. The highest BCUT2D eigenvalue weighted by molar-refractivity contribution is 5.95. The minimum Gasteiger partial charge on any atom is -0.345 e. The average molecular weight is 289 g/mol. The molecule has 114 valence electrons. The van der Waals surface area contributed by atoms with Crippen LogP contribution in [-0.2, 0) is 4.79 Å². The third-order valence-electron chi connectivity index (χ3n) is 3.93. The summed E-state index contributed by atoms with van der Waals surface area (Å²) in [6.07, 6.45) is 4.38. The molecule has 0 spiro atoms. The van der Waals surface area contributed by atoms with Crippen molar-refractivity contribution in [2.45, 2.75) is 37.6 Å². The summed E-state index contributed by atoms with van der Waals surface area (Å²) < 4.78 is 0. The van der Waals surface area contributed by atoms with Gasteiger partial charge in [0.15, 0.2) is 0 Å². The largest absolute Gasteiger partial charge is 0.345 e. The number of nitrogens with two attached hydrogens (primary N) is 1. The lowest BCUT2D eigenvalue weighted by Crippen LogP contribution is -2.40. The minimum absolute atomic E-state index is 0.0558. The van der Waals surface area contributed by atoms with Gasteiger partial charge in [-0.2, -0.15) is 0 Å². The summed E-state index contributed by atoms with van der Waals surface area (Å²) >= 11 is 0. The number of nitrogens with zero attached hydrogens (tertiary/aromatic N) is 1. The number of carbonyl (C=O) groups excluding carboxylic acids is 2. The highest BCUT2D eigenvalue weighted by Gasteiger charge is 2.31. The van der Waals surface area contributed by atoms with Gasteiger partial charge in [0.25, 0.3) is 5.91 Å². The Bertz CT molecular complexity index is 517. The van der Waals surface area contributed by atoms with Gasteiger partial charge in [-0.05, 0) is 37.1 Å². The zero-order chi connectivity index (χ0) is 15.5. The molecule has 1 aliphatic carbocycles. The Hall–Kier alpha value is -1.88. The quantitative estimate of drug-likeness (QED) is 0.890. The van der Waals surface area contributed by atoms with Crippen molar-refractivity contribution in [2.24, 2.45) is 5.73 Å². The topological polar surface area (TPSA) is 75.4 Å². The van der Waals surface area contributed by atoms with Crippen LogP contribution < -0.4 is 11.1 Å². The lowest BCUT2D eigenvalue weighted by atomic mass is 9.94. The molecule has 0 aromatic heterocycles. The summed E-state index contributed by atoms with van der Waals surface area (Å²) in [5.74, 6) is -0.120. The van der Waals surface area contributed by atoms with Gasteiger partial charge in [-0.25, -0.2) is 0 Å². The number of benzene rings is 1. The third kappa shape index (κ3) is 4.04. The van der Waals surface area contributed by atoms with E-state index in [-0.39, 0.29) is 17.4 Å². The first-order valence-corrected chi connectivity index (χ1v) is 7.30. The molecular weight excluding hydrogens is 266 g/mol. The van der Waals surface area contributed by atoms with Crippen molar-refractivity contribution in [1.82, 2.24) is 4.90 Å². The molecule has 0 unspecified atom stereocenters. The van der Waals surface area contributed by atoms with Crippen LogP contribution in [-0.4, -0.2) is 36.3 Å². The smallest absolute Gasteiger partial charge is 0.253 e. The zero-order valence-electron chi connectivity index (χ0n) is 12.7. The maximum absolute atomic E-state index is 12.0. The van der Waals surface area contributed by atoms with E-state index in [1.807, 2.05) is 0 Å². The lowest BCUT2D eigenvalue weighted by Gasteiger charge is -2.22. The fourth-order valence-electron chi connectivity index (χ4n) is 2.74. The molecule has 0 radical (unpaired) electrons. The summed E-state index contributed by atoms with van der Waals surface area (Å²) in [6.45, 7) is 0. The monoisotopic (exact) mass is 289 g/mol. The Morgan fingerprint density at radius 3 is 2.29 bits per heavy atom. The van der Waals surface area contributed by atoms with Gasteiger partial charge in [0.1, 0.15) is 0 Å². The number of nitrogens with one attached hydrogen (secondary N) is 1. The van der Waals surface area contributed by atoms with E-state index >= 15 is 0 Å². The SMILES string of the molecule is CN(C)C(=O)c1ccc(NC(=O)CC2(N)CCCC2)cc1. The van der Waals surface area contributed by atoms with Crippen LogP contribution in [0.25, 0.3) is 0 Å². The number of anilines is 1. The Morgan fingerprint density at radius 1 is 1.19 bits per heavy atom. The molecule has 1 aromatic carbocycles. The zero-order valence-corrected chi connectivity index (χ0v) is 12.7. The molecule has 2 rings (SSSR count). The van der Waals surface area contributed by atoms with E-state index in [0.29, 0.717) is 17.7 Å². The van der Waals surface area contributed by atoms with Crippen molar-refractivity contribution in [1.29, 1.82) is 0 Å². The first-order valence-electron chi connectivity index (χ1n) is 7.30. The van der Waals surface area contributed by atoms with E-state index in [9.17, 15) is 9.59 Å². The van der Waals surface area contributed by atoms with E-state index in [0.717, 1.165) is 25.7 Å². The molecule has 0 atom stereocenters. The Labute approximate surface area is 125 Å². The number of hydrogen-bond donors (Lipinski definition) is 2. The van der Waals surface area contributed by atoms with Crippen molar-refractivity contribution in [2.75, 3.05) is 19.4 Å². The molecular formula is C16H23N3O2. The summed E-state index contributed by atoms with van der Waals surface area (Å²) in [7, 11) is 3.42. The van der Waals surface area contributed by atoms with Crippen LogP contribution in [0.3, 0.4) is 0 Å². The van der Waals surface area contributed by atoms with Crippen LogP contribution in [0.4, 0.5) is 5.69 Å². The summed E-state index contributed by atoms with van der Waals surface area (Å²) in [4.78, 5) is 25.3. The highest BCUT2D eigenvalue weighted by atomic mass is 16.2. The number of amides is 2. The predicted molar refractivity (Wildman–Crippen MR) is 83.1 cm³/mol. The van der Waals surface area contributed by atoms with Gasteiger partial charge in [-0.15, -0.1) is 0 Å². The Balaban J connectivity index is 1.94. The first kappa shape index (κ1) is 15.5. The number of rotatable bonds is 4. The Morgan fingerprint density at radius 2 is 1.76 bits per heavy atom. The second-order valence-electron chi connectivity index (χ2n) is 6.07. The van der Waals surface area contributed by atoms with Crippen LogP contribution >= 0.6 is 0 Å². The minimum atomic E-state index is -0.342. The van der Waals surface area contributed by atoms with E-state index in [2.05, 4.69) is 5.32 Å². The maximum atomic E-state index is 12.0. The normalized spacial score (nSPS) is 16.5. The molecule has 1 fully saturated rings. The van der Waals surface area contributed by atoms with E-state index < -0.39 is 0 Å². The van der Waals surface area contributed by atoms with Crippen molar-refractivity contribution in [3.8, 4) is 0 Å². The summed E-state index contributed by atoms with van der Waals surface area (Å²) in [5.41, 5.74) is 7.15. The molecule has 0 heterocycles. The fourth-order valence-corrected chi connectivity index (χ4v) is 2.74. The molecule has 5 heteroatoms. The van der Waals surface area contributed by atoms with Crippen molar-refractivity contribution >= 4 is 17.5 Å². The molecule has 0 saturated heterocycles. The summed E-state index contributed by atoms with van der Waals surface area (Å²) in [5, 5.41) is 2.85. The molecule has 3 N–H and O–H groups in total. The second-order valence-corrected chi connectivity index (χ2v) is 6.07. The van der Waals surface area contributed by atoms with Gasteiger partial charge in [0.2, 0.25) is 5.91 Å². The molecule has 2 amide bonds. The molecule has 1 aromatic rings. The van der Waals surface area contributed by atoms with Crippen LogP contribution in [0.1, 0.15) is 42.5 Å². The van der Waals surface area contributed by atoms with Gasteiger partial charge in [0.05, 0.1) is 0 Å². The first-order chi connectivity index (χ1) is 9.89. The second kappa shape index (κ2) is 6.26. The molecule has 1 saturated carbocycles. The van der Waals surface area contributed by atoms with E-state index in [1.54, 1.807) is 38.4 Å². The highest BCUT2D eigenvalue weighted by Crippen LogP contribution is 2.30. The lowest BCUT2D eigenvalue weighted by molar-refractivity contribution is -0.117. The molecule has 1 aliphatic rings. The van der Waals surface area contributed by atoms with Crippen molar-refractivity contribution in [3.05, 3.63) is 29.8 Å².